The van der Waals surface area contributed by atoms with E-state index < -0.39 is 0 Å². The summed E-state index contributed by atoms with van der Waals surface area (Å²) in [5, 5.41) is 0.727. The highest BCUT2D eigenvalue weighted by molar-refractivity contribution is 6.30. The van der Waals surface area contributed by atoms with Gasteiger partial charge in [-0.15, -0.1) is 12.4 Å². The molecule has 0 aliphatic carbocycles. The third-order valence-corrected chi connectivity index (χ3v) is 5.33. The van der Waals surface area contributed by atoms with Crippen molar-refractivity contribution in [1.82, 2.24) is 4.90 Å². The van der Waals surface area contributed by atoms with E-state index in [0.717, 1.165) is 48.6 Å². The third-order valence-electron chi connectivity index (χ3n) is 5.08. The van der Waals surface area contributed by atoms with Crippen LogP contribution in [0.25, 0.3) is 0 Å². The average molecular weight is 438 g/mol. The molecule has 0 radical (unpaired) electrons. The van der Waals surface area contributed by atoms with Crippen LogP contribution in [0.1, 0.15) is 43.4 Å². The number of piperidine rings is 1. The fourth-order valence-electron chi connectivity index (χ4n) is 3.56. The molecular weight excluding hydrogens is 409 g/mol. The number of esters is 1. The summed E-state index contributed by atoms with van der Waals surface area (Å²) in [6, 6.07) is 18.2. The maximum atomic E-state index is 11.6. The lowest BCUT2D eigenvalue weighted by atomic mass is 10.00. The summed E-state index contributed by atoms with van der Waals surface area (Å²) in [6.45, 7) is 4.91. The Labute approximate surface area is 184 Å². The van der Waals surface area contributed by atoms with Crippen LogP contribution >= 0.6 is 24.0 Å². The molecular formula is C23H29Cl2NO3. The van der Waals surface area contributed by atoms with Crippen LogP contribution in [-0.4, -0.2) is 43.2 Å². The van der Waals surface area contributed by atoms with Gasteiger partial charge in [-0.25, -0.2) is 0 Å². The molecule has 158 valence electrons. The van der Waals surface area contributed by atoms with Crippen LogP contribution in [0.5, 0.6) is 0 Å². The van der Waals surface area contributed by atoms with Crippen LogP contribution in [0.2, 0.25) is 5.02 Å². The number of rotatable bonds is 8. The minimum Gasteiger partial charge on any atom is -0.466 e. The zero-order chi connectivity index (χ0) is 19.8. The Bertz CT molecular complexity index is 732. The number of carbonyl (C=O) groups is 1. The van der Waals surface area contributed by atoms with Gasteiger partial charge in [-0.2, -0.15) is 0 Å². The molecule has 6 heteroatoms. The molecule has 1 aliphatic rings. The van der Waals surface area contributed by atoms with Crippen molar-refractivity contribution < 1.29 is 14.3 Å². The molecule has 1 saturated heterocycles. The first kappa shape index (κ1) is 23.7. The fraction of sp³-hybridized carbons (Fsp3) is 0.435. The Morgan fingerprint density at radius 1 is 1.07 bits per heavy atom. The van der Waals surface area contributed by atoms with E-state index in [1.807, 2.05) is 49.4 Å². The fourth-order valence-corrected chi connectivity index (χ4v) is 3.68. The van der Waals surface area contributed by atoms with E-state index in [0.29, 0.717) is 13.0 Å². The molecule has 1 aliphatic heterocycles. The van der Waals surface area contributed by atoms with Gasteiger partial charge in [0.05, 0.1) is 19.1 Å². The molecule has 0 spiro atoms. The van der Waals surface area contributed by atoms with Gasteiger partial charge in [0.1, 0.15) is 6.10 Å². The maximum absolute atomic E-state index is 11.6. The van der Waals surface area contributed by atoms with Gasteiger partial charge in [-0.3, -0.25) is 4.79 Å². The molecule has 1 atom stereocenters. The molecule has 0 amide bonds. The Morgan fingerprint density at radius 3 is 2.31 bits per heavy atom. The van der Waals surface area contributed by atoms with Crippen molar-refractivity contribution >= 4 is 30.0 Å². The molecule has 0 bridgehead atoms. The average Bonchev–Trinajstić information content (AvgIpc) is 2.73. The van der Waals surface area contributed by atoms with Gasteiger partial charge in [-0.05, 0) is 43.0 Å². The minimum absolute atomic E-state index is 0. The Hall–Kier alpha value is -1.59. The summed E-state index contributed by atoms with van der Waals surface area (Å²) < 4.78 is 11.6. The van der Waals surface area contributed by atoms with E-state index in [1.54, 1.807) is 0 Å². The Morgan fingerprint density at radius 2 is 1.69 bits per heavy atom. The van der Waals surface area contributed by atoms with Crippen molar-refractivity contribution in [2.24, 2.45) is 0 Å². The summed E-state index contributed by atoms with van der Waals surface area (Å²) in [4.78, 5) is 13.9. The first-order valence-electron chi connectivity index (χ1n) is 9.99. The second-order valence-corrected chi connectivity index (χ2v) is 7.51. The highest BCUT2D eigenvalue weighted by atomic mass is 35.5. The third kappa shape index (κ3) is 7.31. The summed E-state index contributed by atoms with van der Waals surface area (Å²) in [5.74, 6) is -0.118. The first-order valence-corrected chi connectivity index (χ1v) is 10.4. The standard InChI is InChI=1S/C23H28ClNO3.ClH/c1-2-27-22(26)14-17-25-15-12-21(13-16-25)28-23(18-6-4-3-5-7-18)19-8-10-20(24)11-9-19;/h3-11,21,23H,2,12-17H2,1H3;1H. The normalized spacial score (nSPS) is 16.1. The number of ether oxygens (including phenoxy) is 2. The van der Waals surface area contributed by atoms with Gasteiger partial charge in [0.25, 0.3) is 0 Å². The topological polar surface area (TPSA) is 38.8 Å². The van der Waals surface area contributed by atoms with Gasteiger partial charge in [0.2, 0.25) is 0 Å². The number of hydrogen-bond donors (Lipinski definition) is 0. The smallest absolute Gasteiger partial charge is 0.307 e. The molecule has 4 nitrogen and oxygen atoms in total. The second-order valence-electron chi connectivity index (χ2n) is 7.07. The van der Waals surface area contributed by atoms with E-state index in [2.05, 4.69) is 17.0 Å². The zero-order valence-corrected chi connectivity index (χ0v) is 18.3. The van der Waals surface area contributed by atoms with E-state index in [-0.39, 0.29) is 30.6 Å². The lowest BCUT2D eigenvalue weighted by Gasteiger charge is -2.34. The van der Waals surface area contributed by atoms with Gasteiger partial charge in [-0.1, -0.05) is 54.1 Å². The molecule has 0 saturated carbocycles. The quantitative estimate of drug-likeness (QED) is 0.526. The lowest BCUT2D eigenvalue weighted by molar-refractivity contribution is -0.143. The minimum atomic E-state index is -0.118. The highest BCUT2D eigenvalue weighted by Gasteiger charge is 2.25. The van der Waals surface area contributed by atoms with Crippen molar-refractivity contribution in [3.63, 3.8) is 0 Å². The summed E-state index contributed by atoms with van der Waals surface area (Å²) >= 11 is 6.06. The predicted molar refractivity (Wildman–Crippen MR) is 119 cm³/mol. The molecule has 1 unspecified atom stereocenters. The number of benzene rings is 2. The zero-order valence-electron chi connectivity index (χ0n) is 16.8. The predicted octanol–water partition coefficient (Wildman–Crippen LogP) is 5.29. The number of likely N-dealkylation sites (tertiary alicyclic amines) is 1. The van der Waals surface area contributed by atoms with Crippen molar-refractivity contribution in [3.8, 4) is 0 Å². The van der Waals surface area contributed by atoms with Crippen LogP contribution in [0.3, 0.4) is 0 Å². The molecule has 1 heterocycles. The van der Waals surface area contributed by atoms with E-state index in [4.69, 9.17) is 21.1 Å². The SMILES string of the molecule is CCOC(=O)CCN1CCC(OC(c2ccccc2)c2ccc(Cl)cc2)CC1.Cl. The second kappa shape index (κ2) is 12.2. The summed E-state index contributed by atoms with van der Waals surface area (Å²) in [7, 11) is 0. The van der Waals surface area contributed by atoms with E-state index in [9.17, 15) is 4.79 Å². The van der Waals surface area contributed by atoms with E-state index in [1.165, 1.54) is 0 Å². The van der Waals surface area contributed by atoms with Crippen molar-refractivity contribution in [3.05, 3.63) is 70.7 Å². The van der Waals surface area contributed by atoms with Crippen LogP contribution in [-0.2, 0) is 14.3 Å². The van der Waals surface area contributed by atoms with Gasteiger partial charge < -0.3 is 14.4 Å². The van der Waals surface area contributed by atoms with Crippen LogP contribution in [0, 0.1) is 0 Å². The van der Waals surface area contributed by atoms with Crippen molar-refractivity contribution in [2.45, 2.75) is 38.4 Å². The first-order chi connectivity index (χ1) is 13.7. The summed E-state index contributed by atoms with van der Waals surface area (Å²) in [6.07, 6.45) is 2.46. The van der Waals surface area contributed by atoms with Crippen LogP contribution in [0.4, 0.5) is 0 Å². The van der Waals surface area contributed by atoms with Crippen molar-refractivity contribution in [2.75, 3.05) is 26.2 Å². The molecule has 0 N–H and O–H groups in total. The van der Waals surface area contributed by atoms with Crippen LogP contribution in [0.15, 0.2) is 54.6 Å². The number of carbonyl (C=O) groups excluding carboxylic acids is 1. The van der Waals surface area contributed by atoms with Gasteiger partial charge >= 0.3 is 5.97 Å². The lowest BCUT2D eigenvalue weighted by Crippen LogP contribution is -2.38. The Kier molecular flexibility index (Phi) is 9.95. The molecule has 0 aromatic heterocycles. The highest BCUT2D eigenvalue weighted by Crippen LogP contribution is 2.30. The monoisotopic (exact) mass is 437 g/mol. The molecule has 2 aromatic carbocycles. The van der Waals surface area contributed by atoms with Gasteiger partial charge in [0.15, 0.2) is 0 Å². The number of halogens is 2. The van der Waals surface area contributed by atoms with Gasteiger partial charge in [0, 0.05) is 24.7 Å². The number of nitrogens with zero attached hydrogens (tertiary/aromatic N) is 1. The summed E-state index contributed by atoms with van der Waals surface area (Å²) in [5.41, 5.74) is 2.26. The molecule has 2 aromatic rings. The molecule has 3 rings (SSSR count). The Balaban J connectivity index is 0.00000300. The largest absolute Gasteiger partial charge is 0.466 e. The molecule has 29 heavy (non-hydrogen) atoms. The number of hydrogen-bond acceptors (Lipinski definition) is 4. The van der Waals surface area contributed by atoms with Crippen LogP contribution < -0.4 is 0 Å². The van der Waals surface area contributed by atoms with Crippen molar-refractivity contribution in [1.29, 1.82) is 0 Å². The maximum Gasteiger partial charge on any atom is 0.307 e. The van der Waals surface area contributed by atoms with E-state index >= 15 is 0 Å². The molecule has 1 fully saturated rings.